The van der Waals surface area contributed by atoms with E-state index in [4.69, 9.17) is 8.83 Å². The van der Waals surface area contributed by atoms with Crippen molar-refractivity contribution in [2.75, 3.05) is 9.80 Å². The van der Waals surface area contributed by atoms with Crippen molar-refractivity contribution in [3.05, 3.63) is 192 Å². The summed E-state index contributed by atoms with van der Waals surface area (Å²) in [6, 6.07) is 62.6. The molecule has 0 saturated carbocycles. The summed E-state index contributed by atoms with van der Waals surface area (Å²) in [6.07, 6.45) is 0. The summed E-state index contributed by atoms with van der Waals surface area (Å²) in [5.74, 6) is 1.81. The van der Waals surface area contributed by atoms with E-state index in [0.29, 0.717) is 23.7 Å². The van der Waals surface area contributed by atoms with Gasteiger partial charge < -0.3 is 18.6 Å². The van der Waals surface area contributed by atoms with Crippen molar-refractivity contribution in [1.82, 2.24) is 0 Å². The van der Waals surface area contributed by atoms with E-state index in [1.165, 1.54) is 22.3 Å². The molecule has 0 aliphatic carbocycles. The topological polar surface area (TPSA) is 32.8 Å². The highest BCUT2D eigenvalue weighted by Crippen LogP contribution is 2.48. The van der Waals surface area contributed by atoms with E-state index in [9.17, 15) is 0 Å². The molecule has 0 amide bonds. The molecule has 66 heavy (non-hydrogen) atoms. The molecule has 2 aromatic heterocycles. The molecular weight excluding hydrogens is 805 g/mol. The lowest BCUT2D eigenvalue weighted by molar-refractivity contribution is 0.663. The van der Waals surface area contributed by atoms with Gasteiger partial charge in [0, 0.05) is 61.4 Å². The van der Waals surface area contributed by atoms with Crippen LogP contribution < -0.4 is 9.80 Å². The third-order valence-electron chi connectivity index (χ3n) is 13.8. The van der Waals surface area contributed by atoms with Crippen LogP contribution in [-0.4, -0.2) is 0 Å². The first-order valence-electron chi connectivity index (χ1n) is 23.7. The zero-order valence-electron chi connectivity index (χ0n) is 39.2. The number of hydrogen-bond donors (Lipinski definition) is 0. The van der Waals surface area contributed by atoms with E-state index in [-0.39, 0.29) is 0 Å². The molecule has 4 heteroatoms. The summed E-state index contributed by atoms with van der Waals surface area (Å²) in [5, 5.41) is 8.89. The van der Waals surface area contributed by atoms with E-state index < -0.39 is 0 Å². The Balaban J connectivity index is 1.08. The van der Waals surface area contributed by atoms with Gasteiger partial charge in [-0.05, 0) is 147 Å². The van der Waals surface area contributed by atoms with E-state index in [2.05, 4.69) is 235 Å². The average molecular weight is 861 g/mol. The molecule has 0 fully saturated rings. The van der Waals surface area contributed by atoms with Crippen molar-refractivity contribution in [2.24, 2.45) is 0 Å². The van der Waals surface area contributed by atoms with Crippen molar-refractivity contribution >= 4 is 99.5 Å². The van der Waals surface area contributed by atoms with Gasteiger partial charge in [0.1, 0.15) is 22.3 Å². The monoisotopic (exact) mass is 860 g/mol. The van der Waals surface area contributed by atoms with E-state index >= 15 is 0 Å². The summed E-state index contributed by atoms with van der Waals surface area (Å²) in [4.78, 5) is 4.74. The van der Waals surface area contributed by atoms with Crippen molar-refractivity contribution < 1.29 is 8.83 Å². The standard InChI is InChI=1S/C62H56N2O2/c1-37(2)41-13-22-47(23-14-41)63(48-24-15-42(16-25-48)38(3)4)51-30-21-45-34-54-58(35-46(45)33-51)65-56-31-32-57-62(61(54)56)60-53-12-10-9-11-52(53)55(36-59(60)66-57)64(49-26-17-43(18-27-49)39(5)6)50-28-19-44(20-29-50)40(7)8/h9-40H,1-8H3. The third kappa shape index (κ3) is 7.07. The molecule has 326 valence electrons. The number of furan rings is 2. The molecule has 0 saturated heterocycles. The second-order valence-corrected chi connectivity index (χ2v) is 19.4. The highest BCUT2D eigenvalue weighted by molar-refractivity contribution is 6.32. The highest BCUT2D eigenvalue weighted by Gasteiger charge is 2.24. The predicted octanol–water partition coefficient (Wildman–Crippen LogP) is 19.2. The number of hydrogen-bond acceptors (Lipinski definition) is 4. The number of anilines is 6. The van der Waals surface area contributed by atoms with Gasteiger partial charge in [-0.2, -0.15) is 0 Å². The molecule has 2 heterocycles. The molecule has 9 aromatic carbocycles. The van der Waals surface area contributed by atoms with Crippen LogP contribution in [0.3, 0.4) is 0 Å². The molecule has 0 bridgehead atoms. The second-order valence-electron chi connectivity index (χ2n) is 19.4. The summed E-state index contributed by atoms with van der Waals surface area (Å²) in [5.41, 5.74) is 15.3. The first-order valence-corrected chi connectivity index (χ1v) is 23.7. The maximum Gasteiger partial charge on any atom is 0.138 e. The normalized spacial score (nSPS) is 12.2. The molecule has 0 spiro atoms. The first kappa shape index (κ1) is 41.4. The number of fused-ring (bicyclic) bond motifs is 10. The summed E-state index contributed by atoms with van der Waals surface area (Å²) < 4.78 is 13.7. The van der Waals surface area contributed by atoms with Gasteiger partial charge in [0.05, 0.1) is 5.69 Å². The Morgan fingerprint density at radius 2 is 0.727 bits per heavy atom. The zero-order valence-corrected chi connectivity index (χ0v) is 39.2. The van der Waals surface area contributed by atoms with Crippen LogP contribution in [0.2, 0.25) is 0 Å². The SMILES string of the molecule is CC(C)c1ccc(N(c2ccc(C(C)C)cc2)c2ccc3cc4c(cc3c2)oc2ccc3oc5cc(N(c6ccc(C(C)C)cc6)c6ccc(C(C)C)cc6)c6ccccc6c5c3c24)cc1. The Kier molecular flexibility index (Phi) is 10.2. The Morgan fingerprint density at radius 1 is 0.303 bits per heavy atom. The maximum absolute atomic E-state index is 6.93. The molecular formula is C62H56N2O2. The maximum atomic E-state index is 6.93. The van der Waals surface area contributed by atoms with Crippen molar-refractivity contribution in [3.63, 3.8) is 0 Å². The van der Waals surface area contributed by atoms with Gasteiger partial charge >= 0.3 is 0 Å². The molecule has 0 radical (unpaired) electrons. The van der Waals surface area contributed by atoms with Crippen LogP contribution >= 0.6 is 0 Å². The fourth-order valence-corrected chi connectivity index (χ4v) is 9.93. The smallest absolute Gasteiger partial charge is 0.138 e. The largest absolute Gasteiger partial charge is 0.456 e. The van der Waals surface area contributed by atoms with Crippen LogP contribution in [-0.2, 0) is 0 Å². The first-order chi connectivity index (χ1) is 32.0. The van der Waals surface area contributed by atoms with Gasteiger partial charge in [-0.3, -0.25) is 0 Å². The molecule has 11 aromatic rings. The van der Waals surface area contributed by atoms with Crippen LogP contribution in [0, 0.1) is 0 Å². The molecule has 4 nitrogen and oxygen atoms in total. The predicted molar refractivity (Wildman–Crippen MR) is 282 cm³/mol. The van der Waals surface area contributed by atoms with Gasteiger partial charge in [-0.25, -0.2) is 0 Å². The Labute approximate surface area is 387 Å². The highest BCUT2D eigenvalue weighted by atomic mass is 16.3. The molecule has 0 N–H and O–H groups in total. The second kappa shape index (κ2) is 16.3. The van der Waals surface area contributed by atoms with E-state index in [0.717, 1.165) is 99.5 Å². The number of rotatable bonds is 10. The third-order valence-corrected chi connectivity index (χ3v) is 13.8. The minimum atomic E-state index is 0.443. The fraction of sp³-hybridized carbons (Fsp3) is 0.194. The van der Waals surface area contributed by atoms with Gasteiger partial charge in [0.25, 0.3) is 0 Å². The Morgan fingerprint density at radius 3 is 1.23 bits per heavy atom. The van der Waals surface area contributed by atoms with E-state index in [1.807, 2.05) is 0 Å². The van der Waals surface area contributed by atoms with E-state index in [1.54, 1.807) is 0 Å². The Hall–Kier alpha value is -7.30. The number of nitrogens with zero attached hydrogens (tertiary/aromatic N) is 2. The van der Waals surface area contributed by atoms with Gasteiger partial charge in [0.2, 0.25) is 0 Å². The summed E-state index contributed by atoms with van der Waals surface area (Å²) in [6.45, 7) is 18.0. The zero-order chi connectivity index (χ0) is 45.4. The van der Waals surface area contributed by atoms with Crippen molar-refractivity contribution in [1.29, 1.82) is 0 Å². The molecule has 11 rings (SSSR count). The minimum absolute atomic E-state index is 0.443. The van der Waals surface area contributed by atoms with Crippen LogP contribution in [0.1, 0.15) is 101 Å². The Bertz CT molecular complexity index is 3470. The lowest BCUT2D eigenvalue weighted by Gasteiger charge is -2.27. The number of benzene rings is 9. The van der Waals surface area contributed by atoms with Gasteiger partial charge in [-0.15, -0.1) is 0 Å². The molecule has 0 unspecified atom stereocenters. The van der Waals surface area contributed by atoms with Crippen molar-refractivity contribution in [2.45, 2.75) is 79.1 Å². The lowest BCUT2D eigenvalue weighted by Crippen LogP contribution is -2.11. The van der Waals surface area contributed by atoms with Gasteiger partial charge in [-0.1, -0.05) is 134 Å². The van der Waals surface area contributed by atoms with Crippen LogP contribution in [0.5, 0.6) is 0 Å². The quantitative estimate of drug-likeness (QED) is 0.137. The fourth-order valence-electron chi connectivity index (χ4n) is 9.93. The van der Waals surface area contributed by atoms with Crippen molar-refractivity contribution in [3.8, 4) is 0 Å². The van der Waals surface area contributed by atoms with Crippen LogP contribution in [0.15, 0.2) is 179 Å². The summed E-state index contributed by atoms with van der Waals surface area (Å²) >= 11 is 0. The molecule has 0 atom stereocenters. The molecule has 0 aliphatic heterocycles. The molecule has 0 aliphatic rings. The minimum Gasteiger partial charge on any atom is -0.456 e. The summed E-state index contributed by atoms with van der Waals surface area (Å²) in [7, 11) is 0. The van der Waals surface area contributed by atoms with Gasteiger partial charge in [0.15, 0.2) is 0 Å². The average Bonchev–Trinajstić information content (AvgIpc) is 3.89. The lowest BCUT2D eigenvalue weighted by atomic mass is 9.97. The van der Waals surface area contributed by atoms with Crippen LogP contribution in [0.4, 0.5) is 34.1 Å². The van der Waals surface area contributed by atoms with Crippen LogP contribution in [0.25, 0.3) is 65.4 Å².